The number of rotatable bonds is 3. The molecule has 0 atom stereocenters. The highest BCUT2D eigenvalue weighted by Crippen LogP contribution is 2.23. The quantitative estimate of drug-likeness (QED) is 0.574. The van der Waals surface area contributed by atoms with Crippen LogP contribution >= 0.6 is 11.6 Å². The van der Waals surface area contributed by atoms with Gasteiger partial charge in [-0.3, -0.25) is 0 Å². The number of fused-ring (bicyclic) bond motifs is 1. The minimum atomic E-state index is -0.504. The fourth-order valence-electron chi connectivity index (χ4n) is 3.63. The Morgan fingerprint density at radius 2 is 1.87 bits per heavy atom. The summed E-state index contributed by atoms with van der Waals surface area (Å²) in [5.41, 5.74) is 0.844. The predicted octanol–water partition coefficient (Wildman–Crippen LogP) is 4.93. The van der Waals surface area contributed by atoms with Gasteiger partial charge in [0.2, 0.25) is 0 Å². The van der Waals surface area contributed by atoms with E-state index in [0.29, 0.717) is 43.3 Å². The molecule has 1 saturated heterocycles. The van der Waals surface area contributed by atoms with Crippen molar-refractivity contribution >= 4 is 34.5 Å². The second-order valence-electron chi connectivity index (χ2n) is 8.72. The van der Waals surface area contributed by atoms with Gasteiger partial charge in [-0.15, -0.1) is 0 Å². The molecule has 31 heavy (non-hydrogen) atoms. The topological polar surface area (TPSA) is 50.6 Å². The van der Waals surface area contributed by atoms with Crippen LogP contribution in [0.3, 0.4) is 0 Å². The van der Waals surface area contributed by atoms with Crippen LogP contribution in [-0.2, 0) is 11.3 Å². The Bertz CT molecular complexity index is 1100. The van der Waals surface area contributed by atoms with Crippen LogP contribution in [0.5, 0.6) is 0 Å². The average molecular weight is 445 g/mol. The first-order valence-electron chi connectivity index (χ1n) is 10.3. The van der Waals surface area contributed by atoms with E-state index < -0.39 is 5.60 Å². The van der Waals surface area contributed by atoms with Crippen molar-refractivity contribution in [2.75, 3.05) is 31.1 Å². The van der Waals surface area contributed by atoms with E-state index in [9.17, 15) is 9.18 Å². The van der Waals surface area contributed by atoms with Gasteiger partial charge in [-0.05, 0) is 51.1 Å². The van der Waals surface area contributed by atoms with Gasteiger partial charge >= 0.3 is 6.09 Å². The summed E-state index contributed by atoms with van der Waals surface area (Å²) >= 11 is 5.86. The summed E-state index contributed by atoms with van der Waals surface area (Å²) in [5.74, 6) is 0.511. The van der Waals surface area contributed by atoms with Gasteiger partial charge in [0.05, 0.1) is 6.54 Å². The Hall–Kier alpha value is -2.80. The highest BCUT2D eigenvalue weighted by atomic mass is 35.5. The smallest absolute Gasteiger partial charge is 0.410 e. The first kappa shape index (κ1) is 21.4. The molecule has 1 fully saturated rings. The van der Waals surface area contributed by atoms with Crippen LogP contribution in [0.4, 0.5) is 15.0 Å². The van der Waals surface area contributed by atoms with Gasteiger partial charge in [0.25, 0.3) is 0 Å². The molecule has 1 aliphatic rings. The highest BCUT2D eigenvalue weighted by molar-refractivity contribution is 6.30. The lowest BCUT2D eigenvalue weighted by atomic mass is 10.2. The van der Waals surface area contributed by atoms with Crippen LogP contribution in [-0.4, -0.2) is 52.3 Å². The van der Waals surface area contributed by atoms with Crippen molar-refractivity contribution in [3.05, 3.63) is 59.0 Å². The Morgan fingerprint density at radius 3 is 2.55 bits per heavy atom. The van der Waals surface area contributed by atoms with Gasteiger partial charge in [0.15, 0.2) is 0 Å². The average Bonchev–Trinajstić information content (AvgIpc) is 3.11. The number of nitrogens with zero attached hydrogens (tertiary/aromatic N) is 4. The summed E-state index contributed by atoms with van der Waals surface area (Å²) in [7, 11) is 0. The number of benzene rings is 1. The SMILES string of the molecule is CC(C)(C)OC(=O)N1CCN(c2ccc3ccn(Cc4ccc(Cl)cc4F)c3n2)CC1. The van der Waals surface area contributed by atoms with Crippen molar-refractivity contribution < 1.29 is 13.9 Å². The molecule has 8 heteroatoms. The molecule has 3 aromatic rings. The molecule has 0 aliphatic carbocycles. The fraction of sp³-hybridized carbons (Fsp3) is 0.391. The van der Waals surface area contributed by atoms with Crippen molar-refractivity contribution in [1.82, 2.24) is 14.5 Å². The minimum Gasteiger partial charge on any atom is -0.444 e. The number of hydrogen-bond acceptors (Lipinski definition) is 4. The second kappa shape index (κ2) is 8.38. The number of anilines is 1. The van der Waals surface area contributed by atoms with E-state index in [1.807, 2.05) is 49.7 Å². The van der Waals surface area contributed by atoms with Crippen LogP contribution < -0.4 is 4.90 Å². The number of carbonyl (C=O) groups is 1. The third kappa shape index (κ3) is 4.93. The number of ether oxygens (including phenoxy) is 1. The molecule has 0 N–H and O–H groups in total. The molecular weight excluding hydrogens is 419 g/mol. The Kier molecular flexibility index (Phi) is 5.79. The molecule has 0 spiro atoms. The zero-order valence-electron chi connectivity index (χ0n) is 17.9. The fourth-order valence-corrected chi connectivity index (χ4v) is 3.79. The second-order valence-corrected chi connectivity index (χ2v) is 9.15. The van der Waals surface area contributed by atoms with Crippen LogP contribution in [0.2, 0.25) is 5.02 Å². The van der Waals surface area contributed by atoms with Gasteiger partial charge in [-0.1, -0.05) is 17.7 Å². The van der Waals surface area contributed by atoms with Crippen LogP contribution in [0.25, 0.3) is 11.0 Å². The zero-order valence-corrected chi connectivity index (χ0v) is 18.7. The molecule has 6 nitrogen and oxygen atoms in total. The monoisotopic (exact) mass is 444 g/mol. The van der Waals surface area contributed by atoms with Gasteiger partial charge in [0, 0.05) is 48.3 Å². The van der Waals surface area contributed by atoms with Crippen LogP contribution in [0.1, 0.15) is 26.3 Å². The van der Waals surface area contributed by atoms with Crippen molar-refractivity contribution in [3.8, 4) is 0 Å². The van der Waals surface area contributed by atoms with E-state index in [1.54, 1.807) is 17.0 Å². The molecule has 164 valence electrons. The molecule has 4 rings (SSSR count). The summed E-state index contributed by atoms with van der Waals surface area (Å²) in [6.07, 6.45) is 1.63. The first-order chi connectivity index (χ1) is 14.7. The van der Waals surface area contributed by atoms with Gasteiger partial charge in [-0.25, -0.2) is 14.2 Å². The third-order valence-corrected chi connectivity index (χ3v) is 5.44. The van der Waals surface area contributed by atoms with E-state index in [0.717, 1.165) is 16.9 Å². The zero-order chi connectivity index (χ0) is 22.2. The normalized spacial score (nSPS) is 14.9. The van der Waals surface area contributed by atoms with Crippen molar-refractivity contribution in [1.29, 1.82) is 0 Å². The van der Waals surface area contributed by atoms with E-state index >= 15 is 0 Å². The van der Waals surface area contributed by atoms with Gasteiger partial charge < -0.3 is 19.1 Å². The van der Waals surface area contributed by atoms with Crippen molar-refractivity contribution in [3.63, 3.8) is 0 Å². The number of aromatic nitrogens is 2. The molecule has 0 saturated carbocycles. The van der Waals surface area contributed by atoms with Gasteiger partial charge in [-0.2, -0.15) is 0 Å². The number of amides is 1. The molecule has 3 heterocycles. The third-order valence-electron chi connectivity index (χ3n) is 5.21. The lowest BCUT2D eigenvalue weighted by Crippen LogP contribution is -2.50. The van der Waals surface area contributed by atoms with E-state index in [4.69, 9.17) is 21.3 Å². The summed E-state index contributed by atoms with van der Waals surface area (Å²) in [4.78, 5) is 21.0. The number of piperazine rings is 1. The van der Waals surface area contributed by atoms with Crippen molar-refractivity contribution in [2.45, 2.75) is 32.9 Å². The maximum absolute atomic E-state index is 14.2. The van der Waals surface area contributed by atoms with Crippen molar-refractivity contribution in [2.24, 2.45) is 0 Å². The predicted molar refractivity (Wildman–Crippen MR) is 120 cm³/mol. The molecule has 1 amide bonds. The molecule has 0 radical (unpaired) electrons. The molecule has 0 unspecified atom stereocenters. The first-order valence-corrected chi connectivity index (χ1v) is 10.7. The molecular formula is C23H26ClFN4O2. The molecule has 2 aromatic heterocycles. The largest absolute Gasteiger partial charge is 0.444 e. The highest BCUT2D eigenvalue weighted by Gasteiger charge is 2.26. The molecule has 1 aromatic carbocycles. The maximum Gasteiger partial charge on any atom is 0.410 e. The summed E-state index contributed by atoms with van der Waals surface area (Å²) < 4.78 is 21.6. The Labute approximate surface area is 186 Å². The summed E-state index contributed by atoms with van der Waals surface area (Å²) in [6, 6.07) is 10.7. The van der Waals surface area contributed by atoms with Gasteiger partial charge in [0.1, 0.15) is 22.9 Å². The summed E-state index contributed by atoms with van der Waals surface area (Å²) in [6.45, 7) is 8.46. The van der Waals surface area contributed by atoms with E-state index in [1.165, 1.54) is 6.07 Å². The van der Waals surface area contributed by atoms with E-state index in [2.05, 4.69) is 4.90 Å². The number of carbonyl (C=O) groups excluding carboxylic acids is 1. The number of pyridine rings is 1. The Morgan fingerprint density at radius 1 is 1.13 bits per heavy atom. The number of hydrogen-bond donors (Lipinski definition) is 0. The molecule has 0 bridgehead atoms. The maximum atomic E-state index is 14.2. The minimum absolute atomic E-state index is 0.283. The van der Waals surface area contributed by atoms with Crippen LogP contribution in [0.15, 0.2) is 42.6 Å². The summed E-state index contributed by atoms with van der Waals surface area (Å²) in [5, 5.41) is 1.37. The molecule has 1 aliphatic heterocycles. The lowest BCUT2D eigenvalue weighted by Gasteiger charge is -2.36. The standard InChI is InChI=1S/C23H26ClFN4O2/c1-23(2,3)31-22(30)28-12-10-27(11-13-28)20-7-5-16-8-9-29(21(16)26-20)15-17-4-6-18(24)14-19(17)25/h4-9,14H,10-13,15H2,1-3H3. The Balaban J connectivity index is 1.48. The van der Waals surface area contributed by atoms with Crippen LogP contribution in [0, 0.1) is 5.82 Å². The lowest BCUT2D eigenvalue weighted by molar-refractivity contribution is 0.0240. The van der Waals surface area contributed by atoms with E-state index in [-0.39, 0.29) is 11.9 Å². The number of halogens is 2.